The van der Waals surface area contributed by atoms with Crippen LogP contribution in [0, 0.1) is 0 Å². The second-order valence-electron chi connectivity index (χ2n) is 4.86. The number of hydrogen-bond acceptors (Lipinski definition) is 5. The molecule has 25 heavy (non-hydrogen) atoms. The zero-order valence-corrected chi connectivity index (χ0v) is 14.8. The van der Waals surface area contributed by atoms with Crippen LogP contribution in [0.25, 0.3) is 6.08 Å². The molecule has 0 unspecified atom stereocenters. The Morgan fingerprint density at radius 3 is 2.48 bits per heavy atom. The van der Waals surface area contributed by atoms with Crippen molar-refractivity contribution in [1.29, 1.82) is 0 Å². The maximum Gasteiger partial charge on any atom is 0.331 e. The average Bonchev–Trinajstić information content (AvgIpc) is 3.03. The quantitative estimate of drug-likeness (QED) is 0.451. The zero-order valence-electron chi connectivity index (χ0n) is 13.2. The molecule has 0 bridgehead atoms. The predicted octanol–water partition coefficient (Wildman–Crippen LogP) is 2.45. The average molecular weight is 407 g/mol. The van der Waals surface area contributed by atoms with Gasteiger partial charge in [-0.15, -0.1) is 0 Å². The standard InChI is InChI=1S/C17H15BrN2O5/c1-11(24-15(21)10-8-13-7-9-14(18)25-13)16(22)19-20-17(23)12-5-3-2-4-6-12/h2-11H,1H3,(H,19,22)(H,20,23)/b10-8+/t11-/m0/s1. The third-order valence-electron chi connectivity index (χ3n) is 2.98. The Labute approximate surface area is 152 Å². The molecule has 0 saturated carbocycles. The second-order valence-corrected chi connectivity index (χ2v) is 5.65. The summed E-state index contributed by atoms with van der Waals surface area (Å²) in [6.07, 6.45) is 1.46. The lowest BCUT2D eigenvalue weighted by Gasteiger charge is -2.13. The van der Waals surface area contributed by atoms with Gasteiger partial charge in [-0.05, 0) is 53.2 Å². The summed E-state index contributed by atoms with van der Waals surface area (Å²) in [7, 11) is 0. The van der Waals surface area contributed by atoms with Gasteiger partial charge >= 0.3 is 5.97 Å². The van der Waals surface area contributed by atoms with E-state index < -0.39 is 23.9 Å². The van der Waals surface area contributed by atoms with Crippen LogP contribution in [0.1, 0.15) is 23.0 Å². The Kier molecular flexibility index (Phi) is 6.53. The van der Waals surface area contributed by atoms with E-state index in [0.29, 0.717) is 16.0 Å². The monoisotopic (exact) mass is 406 g/mol. The van der Waals surface area contributed by atoms with Crippen molar-refractivity contribution in [3.05, 3.63) is 64.5 Å². The van der Waals surface area contributed by atoms with Crippen molar-refractivity contribution >= 4 is 39.8 Å². The maximum atomic E-state index is 11.8. The number of amides is 2. The molecular weight excluding hydrogens is 392 g/mol. The summed E-state index contributed by atoms with van der Waals surface area (Å²) >= 11 is 3.14. The highest BCUT2D eigenvalue weighted by Crippen LogP contribution is 2.15. The number of furan rings is 1. The van der Waals surface area contributed by atoms with E-state index in [-0.39, 0.29) is 0 Å². The van der Waals surface area contributed by atoms with Crippen molar-refractivity contribution in [2.45, 2.75) is 13.0 Å². The van der Waals surface area contributed by atoms with Crippen molar-refractivity contribution in [3.8, 4) is 0 Å². The van der Waals surface area contributed by atoms with Crippen LogP contribution < -0.4 is 10.9 Å². The minimum atomic E-state index is -1.09. The molecule has 0 aliphatic carbocycles. The molecule has 0 fully saturated rings. The van der Waals surface area contributed by atoms with E-state index in [1.165, 1.54) is 13.0 Å². The van der Waals surface area contributed by atoms with Gasteiger partial charge in [-0.2, -0.15) is 0 Å². The summed E-state index contributed by atoms with van der Waals surface area (Å²) in [4.78, 5) is 35.3. The highest BCUT2D eigenvalue weighted by Gasteiger charge is 2.17. The fourth-order valence-corrected chi connectivity index (χ4v) is 2.04. The number of hydrogen-bond donors (Lipinski definition) is 2. The van der Waals surface area contributed by atoms with Gasteiger partial charge in [0.1, 0.15) is 5.76 Å². The smallest absolute Gasteiger partial charge is 0.331 e. The highest BCUT2D eigenvalue weighted by molar-refractivity contribution is 9.10. The van der Waals surface area contributed by atoms with Crippen LogP contribution in [0.5, 0.6) is 0 Å². The minimum Gasteiger partial charge on any atom is -0.450 e. The number of nitrogens with one attached hydrogen (secondary N) is 2. The molecule has 2 aromatic rings. The summed E-state index contributed by atoms with van der Waals surface area (Å²) in [6.45, 7) is 1.39. The number of ether oxygens (including phenoxy) is 1. The first kappa shape index (κ1) is 18.5. The molecule has 130 valence electrons. The van der Waals surface area contributed by atoms with Gasteiger partial charge in [0.2, 0.25) is 0 Å². The first-order chi connectivity index (χ1) is 12.0. The number of rotatable bonds is 5. The minimum absolute atomic E-state index is 0.389. The molecule has 0 radical (unpaired) electrons. The zero-order chi connectivity index (χ0) is 18.2. The lowest BCUT2D eigenvalue weighted by molar-refractivity contribution is -0.150. The van der Waals surface area contributed by atoms with E-state index >= 15 is 0 Å². The van der Waals surface area contributed by atoms with Crippen molar-refractivity contribution in [2.75, 3.05) is 0 Å². The topological polar surface area (TPSA) is 97.6 Å². The second kappa shape index (κ2) is 8.84. The molecule has 2 amide bonds. The summed E-state index contributed by atoms with van der Waals surface area (Å²) < 4.78 is 10.7. The highest BCUT2D eigenvalue weighted by atomic mass is 79.9. The van der Waals surface area contributed by atoms with Crippen LogP contribution in [0.4, 0.5) is 0 Å². The van der Waals surface area contributed by atoms with Gasteiger partial charge in [0.25, 0.3) is 11.8 Å². The summed E-state index contributed by atoms with van der Waals surface area (Å²) in [6, 6.07) is 11.7. The van der Waals surface area contributed by atoms with Crippen molar-refractivity contribution in [2.24, 2.45) is 0 Å². The SMILES string of the molecule is C[C@H](OC(=O)/C=C/c1ccc(Br)o1)C(=O)NNC(=O)c1ccccc1. The molecular formula is C17H15BrN2O5. The predicted molar refractivity (Wildman–Crippen MR) is 93.0 cm³/mol. The Morgan fingerprint density at radius 2 is 1.84 bits per heavy atom. The van der Waals surface area contributed by atoms with E-state index in [2.05, 4.69) is 26.8 Å². The third-order valence-corrected chi connectivity index (χ3v) is 3.40. The van der Waals surface area contributed by atoms with Gasteiger partial charge in [0.05, 0.1) is 0 Å². The van der Waals surface area contributed by atoms with E-state index in [4.69, 9.17) is 9.15 Å². The molecule has 0 spiro atoms. The Morgan fingerprint density at radius 1 is 1.12 bits per heavy atom. The molecule has 2 N–H and O–H groups in total. The molecule has 8 heteroatoms. The van der Waals surface area contributed by atoms with Crippen LogP contribution in [0.2, 0.25) is 0 Å². The number of hydrazine groups is 1. The number of benzene rings is 1. The van der Waals surface area contributed by atoms with Crippen LogP contribution in [0.15, 0.2) is 57.6 Å². The first-order valence-electron chi connectivity index (χ1n) is 7.25. The summed E-state index contributed by atoms with van der Waals surface area (Å²) in [5.74, 6) is -1.40. The molecule has 1 aromatic heterocycles. The van der Waals surface area contributed by atoms with Gasteiger partial charge in [-0.3, -0.25) is 20.4 Å². The Hall–Kier alpha value is -2.87. The lowest BCUT2D eigenvalue weighted by atomic mass is 10.2. The summed E-state index contributed by atoms with van der Waals surface area (Å²) in [5.41, 5.74) is 4.83. The van der Waals surface area contributed by atoms with Gasteiger partial charge in [-0.1, -0.05) is 18.2 Å². The van der Waals surface area contributed by atoms with Crippen molar-refractivity contribution in [1.82, 2.24) is 10.9 Å². The van der Waals surface area contributed by atoms with Crippen molar-refractivity contribution < 1.29 is 23.5 Å². The number of carbonyl (C=O) groups is 3. The van der Waals surface area contributed by atoms with E-state index in [1.807, 2.05) is 0 Å². The van der Waals surface area contributed by atoms with Gasteiger partial charge in [0, 0.05) is 11.6 Å². The van der Waals surface area contributed by atoms with E-state index in [9.17, 15) is 14.4 Å². The maximum absolute atomic E-state index is 11.8. The molecule has 0 saturated heterocycles. The third kappa shape index (κ3) is 5.92. The first-order valence-corrected chi connectivity index (χ1v) is 8.04. The van der Waals surface area contributed by atoms with E-state index in [0.717, 1.165) is 6.08 Å². The van der Waals surface area contributed by atoms with Crippen LogP contribution >= 0.6 is 15.9 Å². The van der Waals surface area contributed by atoms with Crippen LogP contribution in [-0.4, -0.2) is 23.9 Å². The number of halogens is 1. The lowest BCUT2D eigenvalue weighted by Crippen LogP contribution is -2.46. The molecule has 1 atom stereocenters. The fourth-order valence-electron chi connectivity index (χ4n) is 1.72. The largest absolute Gasteiger partial charge is 0.450 e. The van der Waals surface area contributed by atoms with Crippen molar-refractivity contribution in [3.63, 3.8) is 0 Å². The Balaban J connectivity index is 1.78. The number of esters is 1. The molecule has 1 heterocycles. The van der Waals surface area contributed by atoms with E-state index in [1.54, 1.807) is 42.5 Å². The number of carbonyl (C=O) groups excluding carboxylic acids is 3. The Bertz CT molecular complexity index is 785. The van der Waals surface area contributed by atoms with Gasteiger partial charge in [0.15, 0.2) is 10.8 Å². The molecule has 0 aliphatic rings. The molecule has 0 aliphatic heterocycles. The van der Waals surface area contributed by atoms with Crippen LogP contribution in [0.3, 0.4) is 0 Å². The summed E-state index contributed by atoms with van der Waals surface area (Å²) in [5, 5.41) is 0. The van der Waals surface area contributed by atoms with Crippen LogP contribution in [-0.2, 0) is 14.3 Å². The fraction of sp³-hybridized carbons (Fsp3) is 0.118. The van der Waals surface area contributed by atoms with Gasteiger partial charge in [-0.25, -0.2) is 4.79 Å². The molecule has 7 nitrogen and oxygen atoms in total. The van der Waals surface area contributed by atoms with Gasteiger partial charge < -0.3 is 9.15 Å². The molecule has 2 rings (SSSR count). The normalized spacial score (nSPS) is 11.8. The molecule has 1 aromatic carbocycles.